The summed E-state index contributed by atoms with van der Waals surface area (Å²) in [4.78, 5) is 43.4. The van der Waals surface area contributed by atoms with Crippen LogP contribution in [0.1, 0.15) is 67.3 Å². The highest BCUT2D eigenvalue weighted by Crippen LogP contribution is 2.53. The molecule has 2 fully saturated rings. The molecule has 3 heterocycles. The first-order valence-corrected chi connectivity index (χ1v) is 13.9. The molecule has 5 rings (SSSR count). The van der Waals surface area contributed by atoms with Crippen molar-refractivity contribution in [3.63, 3.8) is 0 Å². The summed E-state index contributed by atoms with van der Waals surface area (Å²) in [7, 11) is -1.56. The van der Waals surface area contributed by atoms with Gasteiger partial charge in [0, 0.05) is 18.3 Å². The zero-order valence-corrected chi connectivity index (χ0v) is 21.8. The number of carbonyl (C=O) groups is 3. The van der Waals surface area contributed by atoms with Gasteiger partial charge >= 0.3 is 0 Å². The fourth-order valence-corrected chi connectivity index (χ4v) is 6.17. The summed E-state index contributed by atoms with van der Waals surface area (Å²) in [6.07, 6.45) is 8.11. The molecule has 2 amide bonds. The van der Waals surface area contributed by atoms with E-state index in [1.54, 1.807) is 34.8 Å². The molecule has 0 aromatic carbocycles. The Morgan fingerprint density at radius 1 is 1.30 bits per heavy atom. The summed E-state index contributed by atoms with van der Waals surface area (Å²) in [6.45, 7) is 4.34. The van der Waals surface area contributed by atoms with Crippen LogP contribution in [0.15, 0.2) is 46.0 Å². The maximum absolute atomic E-state index is 13.3. The molecule has 1 aliphatic heterocycles. The first-order chi connectivity index (χ1) is 17.8. The molecule has 37 heavy (non-hydrogen) atoms. The molecule has 10 heteroatoms. The van der Waals surface area contributed by atoms with Gasteiger partial charge in [0.05, 0.1) is 12.6 Å². The minimum atomic E-state index is -1.56. The van der Waals surface area contributed by atoms with E-state index in [1.165, 1.54) is 0 Å². The quantitative estimate of drug-likeness (QED) is 0.548. The second-order valence-electron chi connectivity index (χ2n) is 10.4. The van der Waals surface area contributed by atoms with Crippen molar-refractivity contribution < 1.29 is 23.0 Å². The number of nitrogens with zero attached hydrogens (tertiary/aromatic N) is 2. The highest BCUT2D eigenvalue weighted by Gasteiger charge is 2.42. The van der Waals surface area contributed by atoms with Crippen molar-refractivity contribution in [1.29, 1.82) is 0 Å². The van der Waals surface area contributed by atoms with Crippen LogP contribution in [0, 0.1) is 11.8 Å². The van der Waals surface area contributed by atoms with Crippen molar-refractivity contribution in [3.05, 3.63) is 53.6 Å². The van der Waals surface area contributed by atoms with Gasteiger partial charge in [-0.3, -0.25) is 14.4 Å². The van der Waals surface area contributed by atoms with Crippen molar-refractivity contribution >= 4 is 34.7 Å². The molecule has 1 saturated heterocycles. The summed E-state index contributed by atoms with van der Waals surface area (Å²) in [5.41, 5.74) is 1.05. The van der Waals surface area contributed by atoms with E-state index in [1.807, 2.05) is 19.9 Å². The Morgan fingerprint density at radius 2 is 2.14 bits per heavy atom. The van der Waals surface area contributed by atoms with E-state index in [0.29, 0.717) is 48.4 Å². The maximum Gasteiger partial charge on any atom is 0.287 e. The lowest BCUT2D eigenvalue weighted by Crippen LogP contribution is -2.52. The van der Waals surface area contributed by atoms with Gasteiger partial charge in [-0.1, -0.05) is 26.0 Å². The van der Waals surface area contributed by atoms with Crippen molar-refractivity contribution in [3.8, 4) is 0 Å². The number of ketones is 1. The number of nitrogens with one attached hydrogen (secondary N) is 2. The normalized spacial score (nSPS) is 24.5. The van der Waals surface area contributed by atoms with E-state index < -0.39 is 34.9 Å². The van der Waals surface area contributed by atoms with Crippen LogP contribution in [0.4, 0.5) is 0 Å². The lowest BCUT2D eigenvalue weighted by molar-refractivity contribution is -0.129. The number of furan rings is 1. The zero-order chi connectivity index (χ0) is 26.1. The lowest BCUT2D eigenvalue weighted by atomic mass is 10.0. The molecule has 2 N–H and O–H groups in total. The third kappa shape index (κ3) is 5.75. The van der Waals surface area contributed by atoms with E-state index >= 15 is 0 Å². The van der Waals surface area contributed by atoms with Gasteiger partial charge in [0.2, 0.25) is 5.91 Å². The van der Waals surface area contributed by atoms with Gasteiger partial charge < -0.3 is 15.1 Å². The van der Waals surface area contributed by atoms with Crippen LogP contribution in [0.5, 0.6) is 0 Å². The highest BCUT2D eigenvalue weighted by molar-refractivity contribution is 7.82. The second-order valence-corrected chi connectivity index (χ2v) is 11.8. The Morgan fingerprint density at radius 3 is 2.89 bits per heavy atom. The Labute approximate surface area is 218 Å². The Bertz CT molecular complexity index is 1240. The molecule has 196 valence electrons. The van der Waals surface area contributed by atoms with E-state index in [4.69, 9.17) is 4.42 Å². The zero-order valence-electron chi connectivity index (χ0n) is 21.0. The van der Waals surface area contributed by atoms with Gasteiger partial charge in [-0.25, -0.2) is 13.5 Å². The fraction of sp³-hybridized carbons (Fsp3) is 0.481. The number of pyridine rings is 1. The predicted octanol–water partition coefficient (Wildman–Crippen LogP) is 2.82. The lowest BCUT2D eigenvalue weighted by Gasteiger charge is -2.23. The molecule has 3 aliphatic rings. The van der Waals surface area contributed by atoms with Crippen molar-refractivity contribution in [2.24, 2.45) is 11.8 Å². The maximum atomic E-state index is 13.3. The van der Waals surface area contributed by atoms with Crippen LogP contribution in [-0.2, 0) is 20.6 Å². The molecule has 2 aromatic rings. The van der Waals surface area contributed by atoms with Crippen LogP contribution in [0.25, 0.3) is 6.08 Å². The summed E-state index contributed by atoms with van der Waals surface area (Å²) in [6, 6.07) is 5.42. The minimum Gasteiger partial charge on any atom is -0.451 e. The monoisotopic (exact) mass is 524 g/mol. The largest absolute Gasteiger partial charge is 0.451 e. The molecule has 1 saturated carbocycles. The molecular weight excluding hydrogens is 492 g/mol. The molecule has 9 nitrogen and oxygen atoms in total. The standard InChI is InChI=1S/C27H32N4O5S/c1-16(2)12-21(30-27(34)24-14-19-18-13-17(18)8-9-23(19)36-24)26(33)29-20-6-5-11-31(15-22(20)32)37(35)25-7-3-4-10-28-25/h3-4,7-10,14,16-18,20-21H,5-6,11-13,15H2,1-2H3,(H,29,33)(H,30,34). The topological polar surface area (TPSA) is 122 Å². The highest BCUT2D eigenvalue weighted by atomic mass is 32.2. The summed E-state index contributed by atoms with van der Waals surface area (Å²) < 4.78 is 20.2. The van der Waals surface area contributed by atoms with E-state index in [9.17, 15) is 18.6 Å². The Balaban J connectivity index is 1.22. The third-order valence-corrected chi connectivity index (χ3v) is 8.45. The molecule has 2 aromatic heterocycles. The van der Waals surface area contributed by atoms with Crippen LogP contribution in [0.2, 0.25) is 0 Å². The number of aromatic nitrogens is 1. The number of amides is 2. The van der Waals surface area contributed by atoms with Gasteiger partial charge in [0.15, 0.2) is 11.5 Å². The Kier molecular flexibility index (Phi) is 7.39. The first kappa shape index (κ1) is 25.5. The molecule has 5 atom stereocenters. The predicted molar refractivity (Wildman–Crippen MR) is 138 cm³/mol. The summed E-state index contributed by atoms with van der Waals surface area (Å²) in [5, 5.41) is 6.06. The smallest absolute Gasteiger partial charge is 0.287 e. The number of rotatable bonds is 8. The van der Waals surface area contributed by atoms with Crippen LogP contribution in [-0.4, -0.2) is 56.3 Å². The van der Waals surface area contributed by atoms with Crippen molar-refractivity contribution in [2.75, 3.05) is 13.1 Å². The molecule has 5 unspecified atom stereocenters. The SMILES string of the molecule is CC(C)CC(NC(=O)c1cc2c(o1)C=CC1CC21)C(=O)NC1CCCN(S(=O)c2ccccn2)CC1=O. The van der Waals surface area contributed by atoms with E-state index in [2.05, 4.69) is 21.7 Å². The molecule has 2 aliphatic carbocycles. The van der Waals surface area contributed by atoms with E-state index in [0.717, 1.165) is 12.0 Å². The number of carbonyl (C=O) groups excluding carboxylic acids is 3. The number of hydrogen-bond acceptors (Lipinski definition) is 6. The average molecular weight is 525 g/mol. The third-order valence-electron chi connectivity index (χ3n) is 7.07. The van der Waals surface area contributed by atoms with Gasteiger partial charge in [-0.2, -0.15) is 0 Å². The molecule has 0 bridgehead atoms. The first-order valence-electron chi connectivity index (χ1n) is 12.8. The van der Waals surface area contributed by atoms with Crippen LogP contribution in [0.3, 0.4) is 0 Å². The molecule has 0 radical (unpaired) electrons. The molecular formula is C27H32N4O5S. The number of allylic oxidation sites excluding steroid dienone is 1. The Hall–Kier alpha value is -3.11. The van der Waals surface area contributed by atoms with Gasteiger partial charge in [-0.05, 0) is 67.7 Å². The number of fused-ring (bicyclic) bond motifs is 3. The van der Waals surface area contributed by atoms with Gasteiger partial charge in [0.1, 0.15) is 27.8 Å². The van der Waals surface area contributed by atoms with Crippen LogP contribution < -0.4 is 10.6 Å². The van der Waals surface area contributed by atoms with E-state index in [-0.39, 0.29) is 24.0 Å². The summed E-state index contributed by atoms with van der Waals surface area (Å²) in [5.74, 6) is 0.949. The van der Waals surface area contributed by atoms with Gasteiger partial charge in [-0.15, -0.1) is 0 Å². The van der Waals surface area contributed by atoms with Crippen molar-refractivity contribution in [1.82, 2.24) is 19.9 Å². The number of hydrogen-bond donors (Lipinski definition) is 2. The van der Waals surface area contributed by atoms with Crippen LogP contribution >= 0.6 is 0 Å². The van der Waals surface area contributed by atoms with Gasteiger partial charge in [0.25, 0.3) is 5.91 Å². The fourth-order valence-electron chi connectivity index (χ4n) is 5.02. The minimum absolute atomic E-state index is 0.0526. The van der Waals surface area contributed by atoms with Crippen molar-refractivity contribution in [2.45, 2.75) is 62.6 Å². The second kappa shape index (κ2) is 10.7. The number of Topliss-reactive ketones (excluding diaryl/α,β-unsaturated/α-hetero) is 1. The summed E-state index contributed by atoms with van der Waals surface area (Å²) >= 11 is 0. The molecule has 0 spiro atoms. The average Bonchev–Trinajstić information content (AvgIpc) is 3.59.